The van der Waals surface area contributed by atoms with E-state index in [2.05, 4.69) is 29.4 Å². The molecule has 6 heteroatoms. The monoisotopic (exact) mass is 466 g/mol. The van der Waals surface area contributed by atoms with E-state index in [4.69, 9.17) is 4.99 Å². The van der Waals surface area contributed by atoms with E-state index in [-0.39, 0.29) is 30.1 Å². The Morgan fingerprint density at radius 3 is 2.40 bits per heavy atom. The fourth-order valence-corrected chi connectivity index (χ4v) is 3.66. The lowest BCUT2D eigenvalue weighted by molar-refractivity contribution is 0.120. The average Bonchev–Trinajstić information content (AvgIpc) is 2.58. The topological polar surface area (TPSA) is 59.9 Å². The molecule has 0 aromatic rings. The van der Waals surface area contributed by atoms with Crippen molar-refractivity contribution < 1.29 is 5.11 Å². The highest BCUT2D eigenvalue weighted by atomic mass is 127. The summed E-state index contributed by atoms with van der Waals surface area (Å²) in [4.78, 5) is 7.35. The molecule has 0 spiro atoms. The fraction of sp³-hybridized carbons (Fsp3) is 0.947. The highest BCUT2D eigenvalue weighted by molar-refractivity contribution is 14.0. The number of guanidine groups is 1. The first kappa shape index (κ1) is 23.0. The van der Waals surface area contributed by atoms with Gasteiger partial charge in [0.15, 0.2) is 5.96 Å². The van der Waals surface area contributed by atoms with Crippen molar-refractivity contribution in [1.29, 1.82) is 0 Å². The fourth-order valence-electron chi connectivity index (χ4n) is 3.66. The van der Waals surface area contributed by atoms with Crippen LogP contribution in [0, 0.1) is 5.92 Å². The molecule has 0 bridgehead atoms. The summed E-state index contributed by atoms with van der Waals surface area (Å²) < 4.78 is 0. The van der Waals surface area contributed by atoms with Gasteiger partial charge in [0.2, 0.25) is 0 Å². The standard InChI is InChI=1S/C19H38N4O.HI/c1-3-20-19(22-17-6-8-18(24)9-7-17)21-12-4-5-13-23-14-10-16(2)11-15-23;/h16-18,24H,3-15H2,1-2H3,(H2,20,21,22);1H. The third-order valence-electron chi connectivity index (χ3n) is 5.41. The second-order valence-electron chi connectivity index (χ2n) is 7.64. The number of hydrogen-bond acceptors (Lipinski definition) is 3. The largest absolute Gasteiger partial charge is 0.393 e. The third-order valence-corrected chi connectivity index (χ3v) is 5.41. The quantitative estimate of drug-likeness (QED) is 0.234. The van der Waals surface area contributed by atoms with Crippen molar-refractivity contribution in [1.82, 2.24) is 15.5 Å². The molecule has 2 rings (SSSR count). The van der Waals surface area contributed by atoms with Crippen LogP contribution >= 0.6 is 24.0 Å². The number of rotatable bonds is 7. The van der Waals surface area contributed by atoms with E-state index in [0.717, 1.165) is 57.1 Å². The first-order valence-corrected chi connectivity index (χ1v) is 10.1. The Hall–Kier alpha value is -0.0800. The summed E-state index contributed by atoms with van der Waals surface area (Å²) >= 11 is 0. The number of piperidine rings is 1. The van der Waals surface area contributed by atoms with E-state index in [1.165, 1.54) is 38.9 Å². The van der Waals surface area contributed by atoms with Gasteiger partial charge in [-0.2, -0.15) is 0 Å². The first-order chi connectivity index (χ1) is 11.7. The van der Waals surface area contributed by atoms with Gasteiger partial charge in [-0.1, -0.05) is 6.92 Å². The summed E-state index contributed by atoms with van der Waals surface area (Å²) in [5, 5.41) is 16.5. The van der Waals surface area contributed by atoms with Crippen LogP contribution in [0.15, 0.2) is 4.99 Å². The lowest BCUT2D eigenvalue weighted by atomic mass is 9.93. The van der Waals surface area contributed by atoms with Crippen LogP contribution in [0.2, 0.25) is 0 Å². The molecule has 25 heavy (non-hydrogen) atoms. The van der Waals surface area contributed by atoms with Crippen molar-refractivity contribution in [3.63, 3.8) is 0 Å². The van der Waals surface area contributed by atoms with Crippen LogP contribution in [0.5, 0.6) is 0 Å². The SMILES string of the molecule is CCNC(=NCCCCN1CCC(C)CC1)NC1CCC(O)CC1.I. The van der Waals surface area contributed by atoms with E-state index in [1.807, 2.05) is 0 Å². The zero-order valence-corrected chi connectivity index (χ0v) is 18.5. The molecule has 1 saturated carbocycles. The molecule has 3 N–H and O–H groups in total. The van der Waals surface area contributed by atoms with Crippen molar-refractivity contribution in [2.45, 2.75) is 77.4 Å². The van der Waals surface area contributed by atoms with Gasteiger partial charge in [-0.3, -0.25) is 4.99 Å². The molecule has 2 fully saturated rings. The Morgan fingerprint density at radius 1 is 1.08 bits per heavy atom. The van der Waals surface area contributed by atoms with Gasteiger partial charge >= 0.3 is 0 Å². The Bertz CT molecular complexity index is 364. The summed E-state index contributed by atoms with van der Waals surface area (Å²) in [5.74, 6) is 1.87. The lowest BCUT2D eigenvalue weighted by Crippen LogP contribution is -2.45. The van der Waals surface area contributed by atoms with Gasteiger partial charge in [-0.15, -0.1) is 24.0 Å². The van der Waals surface area contributed by atoms with Crippen LogP contribution in [0.1, 0.15) is 65.2 Å². The van der Waals surface area contributed by atoms with Gasteiger partial charge in [0.05, 0.1) is 6.10 Å². The molecule has 0 aromatic carbocycles. The number of aliphatic hydroxyl groups excluding tert-OH is 1. The molecule has 0 unspecified atom stereocenters. The van der Waals surface area contributed by atoms with E-state index in [1.54, 1.807) is 0 Å². The molecule has 1 heterocycles. The molecule has 0 atom stereocenters. The predicted octanol–water partition coefficient (Wildman–Crippen LogP) is 2.98. The highest BCUT2D eigenvalue weighted by Gasteiger charge is 2.20. The minimum absolute atomic E-state index is 0. The molecule has 0 radical (unpaired) electrons. The number of nitrogens with zero attached hydrogens (tertiary/aromatic N) is 2. The molecular formula is C19H39IN4O. The number of aliphatic hydroxyl groups is 1. The van der Waals surface area contributed by atoms with Crippen LogP contribution in [0.25, 0.3) is 0 Å². The Morgan fingerprint density at radius 2 is 1.76 bits per heavy atom. The molecular weight excluding hydrogens is 427 g/mol. The molecule has 148 valence electrons. The number of nitrogens with one attached hydrogen (secondary N) is 2. The van der Waals surface area contributed by atoms with Crippen molar-refractivity contribution in [3.8, 4) is 0 Å². The zero-order chi connectivity index (χ0) is 17.2. The van der Waals surface area contributed by atoms with E-state index in [9.17, 15) is 5.11 Å². The summed E-state index contributed by atoms with van der Waals surface area (Å²) in [5.41, 5.74) is 0. The maximum Gasteiger partial charge on any atom is 0.191 e. The second kappa shape index (κ2) is 13.1. The zero-order valence-electron chi connectivity index (χ0n) is 16.2. The van der Waals surface area contributed by atoms with Gasteiger partial charge in [0, 0.05) is 19.1 Å². The van der Waals surface area contributed by atoms with Crippen LogP contribution in [-0.2, 0) is 0 Å². The summed E-state index contributed by atoms with van der Waals surface area (Å²) in [7, 11) is 0. The predicted molar refractivity (Wildman–Crippen MR) is 117 cm³/mol. The summed E-state index contributed by atoms with van der Waals surface area (Å²) in [6, 6.07) is 0.460. The smallest absolute Gasteiger partial charge is 0.191 e. The van der Waals surface area contributed by atoms with Crippen LogP contribution in [-0.4, -0.2) is 60.8 Å². The Labute approximate surface area is 171 Å². The minimum atomic E-state index is -0.0969. The third kappa shape index (κ3) is 9.43. The Balaban J connectivity index is 0.00000312. The van der Waals surface area contributed by atoms with Crippen LogP contribution < -0.4 is 10.6 Å². The average molecular weight is 466 g/mol. The maximum atomic E-state index is 9.61. The van der Waals surface area contributed by atoms with Gasteiger partial charge < -0.3 is 20.6 Å². The second-order valence-corrected chi connectivity index (χ2v) is 7.64. The molecule has 1 saturated heterocycles. The Kier molecular flexibility index (Phi) is 12.1. The molecule has 1 aliphatic carbocycles. The van der Waals surface area contributed by atoms with Gasteiger partial charge in [-0.25, -0.2) is 0 Å². The van der Waals surface area contributed by atoms with E-state index >= 15 is 0 Å². The van der Waals surface area contributed by atoms with Gasteiger partial charge in [0.1, 0.15) is 0 Å². The van der Waals surface area contributed by atoms with Gasteiger partial charge in [0.25, 0.3) is 0 Å². The van der Waals surface area contributed by atoms with Crippen molar-refractivity contribution in [3.05, 3.63) is 0 Å². The van der Waals surface area contributed by atoms with Crippen molar-refractivity contribution in [2.24, 2.45) is 10.9 Å². The van der Waals surface area contributed by atoms with E-state index < -0.39 is 0 Å². The number of unbranched alkanes of at least 4 members (excludes halogenated alkanes) is 1. The number of hydrogen-bond donors (Lipinski definition) is 3. The number of likely N-dealkylation sites (tertiary alicyclic amines) is 1. The van der Waals surface area contributed by atoms with E-state index in [0.29, 0.717) is 6.04 Å². The van der Waals surface area contributed by atoms with Gasteiger partial charge in [-0.05, 0) is 83.8 Å². The van der Waals surface area contributed by atoms with Crippen LogP contribution in [0.4, 0.5) is 0 Å². The molecule has 0 aromatic heterocycles. The molecule has 2 aliphatic rings. The van der Waals surface area contributed by atoms with Crippen molar-refractivity contribution in [2.75, 3.05) is 32.7 Å². The normalized spacial score (nSPS) is 26.1. The minimum Gasteiger partial charge on any atom is -0.393 e. The molecule has 1 aliphatic heterocycles. The summed E-state index contributed by atoms with van der Waals surface area (Å²) in [6.45, 7) is 10.1. The summed E-state index contributed by atoms with van der Waals surface area (Å²) in [6.07, 6.45) is 8.93. The molecule has 0 amide bonds. The molecule has 5 nitrogen and oxygen atoms in total. The lowest BCUT2D eigenvalue weighted by Gasteiger charge is -2.30. The first-order valence-electron chi connectivity index (χ1n) is 10.1. The van der Waals surface area contributed by atoms with Crippen LogP contribution in [0.3, 0.4) is 0 Å². The number of halogens is 1. The van der Waals surface area contributed by atoms with Crippen molar-refractivity contribution >= 4 is 29.9 Å². The number of aliphatic imine (C=N–C) groups is 1. The maximum absolute atomic E-state index is 9.61. The highest BCUT2D eigenvalue weighted by Crippen LogP contribution is 2.18.